The van der Waals surface area contributed by atoms with Crippen LogP contribution in [0, 0.1) is 0 Å². The first-order valence-electron chi connectivity index (χ1n) is 4.34. The monoisotopic (exact) mass is 239 g/mol. The molecule has 0 radical (unpaired) electrons. The standard InChI is InChI=1S/C9H17NO4.ClH/c1-6(11)13-5-7(10)8(12)14-9(2,3)4;/h7H,5,10H2,1-4H3;1H/t7-;/m0./s1. The summed E-state index contributed by atoms with van der Waals surface area (Å²) in [6.45, 7) is 6.32. The molecular weight excluding hydrogens is 222 g/mol. The first-order chi connectivity index (χ1) is 6.22. The molecular formula is C9H18ClNO4. The van der Waals surface area contributed by atoms with E-state index in [-0.39, 0.29) is 19.0 Å². The predicted octanol–water partition coefficient (Wildman–Crippen LogP) is 0.640. The second kappa shape index (κ2) is 6.63. The van der Waals surface area contributed by atoms with Crippen molar-refractivity contribution in [1.82, 2.24) is 0 Å². The third kappa shape index (κ3) is 9.49. The molecule has 90 valence electrons. The molecule has 0 aliphatic carbocycles. The van der Waals surface area contributed by atoms with E-state index in [1.165, 1.54) is 6.92 Å². The smallest absolute Gasteiger partial charge is 0.326 e. The van der Waals surface area contributed by atoms with Gasteiger partial charge in [0.2, 0.25) is 0 Å². The molecule has 0 bridgehead atoms. The van der Waals surface area contributed by atoms with Crippen molar-refractivity contribution >= 4 is 24.3 Å². The van der Waals surface area contributed by atoms with Gasteiger partial charge in [0.1, 0.15) is 18.2 Å². The molecule has 0 fully saturated rings. The minimum Gasteiger partial charge on any atom is -0.464 e. The summed E-state index contributed by atoms with van der Waals surface area (Å²) in [6, 6.07) is -0.918. The van der Waals surface area contributed by atoms with Gasteiger partial charge in [-0.05, 0) is 20.8 Å². The van der Waals surface area contributed by atoms with E-state index in [9.17, 15) is 9.59 Å². The van der Waals surface area contributed by atoms with Crippen molar-refractivity contribution in [1.29, 1.82) is 0 Å². The lowest BCUT2D eigenvalue weighted by molar-refractivity contribution is -0.159. The Bertz CT molecular complexity index is 225. The zero-order valence-corrected chi connectivity index (χ0v) is 10.2. The molecule has 0 rings (SSSR count). The van der Waals surface area contributed by atoms with Crippen LogP contribution in [-0.2, 0) is 19.1 Å². The molecule has 2 N–H and O–H groups in total. The summed E-state index contributed by atoms with van der Waals surface area (Å²) in [4.78, 5) is 21.7. The molecule has 0 spiro atoms. The lowest BCUT2D eigenvalue weighted by atomic mass is 10.2. The SMILES string of the molecule is CC(=O)OC[C@H](N)C(=O)OC(C)(C)C.Cl. The Hall–Kier alpha value is -0.810. The molecule has 0 aliphatic heterocycles. The third-order valence-corrected chi connectivity index (χ3v) is 1.18. The van der Waals surface area contributed by atoms with Crippen LogP contribution in [0.15, 0.2) is 0 Å². The van der Waals surface area contributed by atoms with E-state index in [4.69, 9.17) is 10.5 Å². The highest BCUT2D eigenvalue weighted by atomic mass is 35.5. The average molecular weight is 240 g/mol. The number of ether oxygens (including phenoxy) is 2. The minimum atomic E-state index is -0.918. The van der Waals surface area contributed by atoms with Crippen LogP contribution in [0.25, 0.3) is 0 Å². The Labute approximate surface area is 95.7 Å². The largest absolute Gasteiger partial charge is 0.464 e. The molecule has 0 aromatic carbocycles. The molecule has 15 heavy (non-hydrogen) atoms. The summed E-state index contributed by atoms with van der Waals surface area (Å²) in [6.07, 6.45) is 0. The summed E-state index contributed by atoms with van der Waals surface area (Å²) < 4.78 is 9.55. The van der Waals surface area contributed by atoms with E-state index in [0.717, 1.165) is 0 Å². The van der Waals surface area contributed by atoms with Crippen LogP contribution in [0.4, 0.5) is 0 Å². The van der Waals surface area contributed by atoms with Crippen LogP contribution in [0.2, 0.25) is 0 Å². The Balaban J connectivity index is 0. The molecule has 6 heteroatoms. The fraction of sp³-hybridized carbons (Fsp3) is 0.778. The van der Waals surface area contributed by atoms with Crippen LogP contribution in [0.3, 0.4) is 0 Å². The number of carbonyl (C=O) groups is 2. The normalized spacial score (nSPS) is 12.3. The number of carbonyl (C=O) groups excluding carboxylic acids is 2. The molecule has 0 amide bonds. The number of hydrogen-bond acceptors (Lipinski definition) is 5. The van der Waals surface area contributed by atoms with Gasteiger partial charge in [-0.25, -0.2) is 0 Å². The van der Waals surface area contributed by atoms with Crippen LogP contribution in [0.1, 0.15) is 27.7 Å². The van der Waals surface area contributed by atoms with Gasteiger partial charge in [-0.3, -0.25) is 9.59 Å². The van der Waals surface area contributed by atoms with Crippen LogP contribution >= 0.6 is 12.4 Å². The first kappa shape index (κ1) is 16.6. The highest BCUT2D eigenvalue weighted by Gasteiger charge is 2.22. The van der Waals surface area contributed by atoms with Crippen molar-refractivity contribution in [3.63, 3.8) is 0 Å². The Morgan fingerprint density at radius 1 is 1.33 bits per heavy atom. The number of hydrogen-bond donors (Lipinski definition) is 1. The van der Waals surface area contributed by atoms with Gasteiger partial charge in [0.05, 0.1) is 0 Å². The summed E-state index contributed by atoms with van der Waals surface area (Å²) in [5, 5.41) is 0. The average Bonchev–Trinajstić information content (AvgIpc) is 1.96. The predicted molar refractivity (Wildman–Crippen MR) is 57.7 cm³/mol. The maximum absolute atomic E-state index is 11.2. The summed E-state index contributed by atoms with van der Waals surface area (Å²) in [7, 11) is 0. The van der Waals surface area contributed by atoms with Crippen molar-refractivity contribution in [2.24, 2.45) is 5.73 Å². The van der Waals surface area contributed by atoms with Gasteiger partial charge in [-0.15, -0.1) is 12.4 Å². The van der Waals surface area contributed by atoms with E-state index >= 15 is 0 Å². The zero-order chi connectivity index (χ0) is 11.4. The summed E-state index contributed by atoms with van der Waals surface area (Å²) >= 11 is 0. The lowest BCUT2D eigenvalue weighted by Crippen LogP contribution is -2.40. The second-order valence-corrected chi connectivity index (χ2v) is 3.94. The van der Waals surface area contributed by atoms with E-state index in [1.54, 1.807) is 20.8 Å². The van der Waals surface area contributed by atoms with E-state index in [2.05, 4.69) is 4.74 Å². The zero-order valence-electron chi connectivity index (χ0n) is 9.40. The van der Waals surface area contributed by atoms with Crippen molar-refractivity contribution in [2.45, 2.75) is 39.3 Å². The number of rotatable bonds is 3. The molecule has 0 unspecified atom stereocenters. The Morgan fingerprint density at radius 2 is 1.80 bits per heavy atom. The number of nitrogens with two attached hydrogens (primary N) is 1. The quantitative estimate of drug-likeness (QED) is 0.732. The maximum Gasteiger partial charge on any atom is 0.326 e. The summed E-state index contributed by atoms with van der Waals surface area (Å²) in [5.41, 5.74) is 4.84. The number of esters is 2. The Kier molecular flexibility index (Phi) is 7.35. The molecule has 0 saturated heterocycles. The molecule has 0 aromatic rings. The maximum atomic E-state index is 11.2. The van der Waals surface area contributed by atoms with Crippen molar-refractivity contribution in [3.05, 3.63) is 0 Å². The molecule has 0 heterocycles. The van der Waals surface area contributed by atoms with Gasteiger partial charge in [0, 0.05) is 6.92 Å². The number of halogens is 1. The van der Waals surface area contributed by atoms with Crippen molar-refractivity contribution in [2.75, 3.05) is 6.61 Å². The Morgan fingerprint density at radius 3 is 2.13 bits per heavy atom. The van der Waals surface area contributed by atoms with Gasteiger partial charge in [-0.2, -0.15) is 0 Å². The topological polar surface area (TPSA) is 78.6 Å². The second-order valence-electron chi connectivity index (χ2n) is 3.94. The highest BCUT2D eigenvalue weighted by molar-refractivity contribution is 5.85. The first-order valence-corrected chi connectivity index (χ1v) is 4.34. The van der Waals surface area contributed by atoms with Gasteiger partial charge >= 0.3 is 11.9 Å². The molecule has 0 saturated carbocycles. The van der Waals surface area contributed by atoms with Gasteiger partial charge in [0.25, 0.3) is 0 Å². The summed E-state index contributed by atoms with van der Waals surface area (Å²) in [5.74, 6) is -1.04. The fourth-order valence-electron chi connectivity index (χ4n) is 0.653. The van der Waals surface area contributed by atoms with E-state index in [0.29, 0.717) is 0 Å². The fourth-order valence-corrected chi connectivity index (χ4v) is 0.653. The van der Waals surface area contributed by atoms with Crippen LogP contribution in [0.5, 0.6) is 0 Å². The van der Waals surface area contributed by atoms with Crippen LogP contribution in [-0.4, -0.2) is 30.2 Å². The molecule has 1 atom stereocenters. The van der Waals surface area contributed by atoms with Crippen molar-refractivity contribution < 1.29 is 19.1 Å². The molecule has 0 aliphatic rings. The highest BCUT2D eigenvalue weighted by Crippen LogP contribution is 2.07. The minimum absolute atomic E-state index is 0. The van der Waals surface area contributed by atoms with Gasteiger partial charge in [0.15, 0.2) is 0 Å². The van der Waals surface area contributed by atoms with Gasteiger partial charge in [-0.1, -0.05) is 0 Å². The van der Waals surface area contributed by atoms with E-state index in [1.807, 2.05) is 0 Å². The van der Waals surface area contributed by atoms with E-state index < -0.39 is 23.6 Å². The lowest BCUT2D eigenvalue weighted by Gasteiger charge is -2.21. The van der Waals surface area contributed by atoms with Crippen LogP contribution < -0.4 is 5.73 Å². The molecule has 0 aromatic heterocycles. The van der Waals surface area contributed by atoms with Gasteiger partial charge < -0.3 is 15.2 Å². The van der Waals surface area contributed by atoms with Crippen molar-refractivity contribution in [3.8, 4) is 0 Å². The third-order valence-electron chi connectivity index (χ3n) is 1.18. The molecule has 5 nitrogen and oxygen atoms in total.